The molecule has 1 aromatic carbocycles. The Morgan fingerprint density at radius 1 is 1.21 bits per heavy atom. The van der Waals surface area contributed by atoms with Gasteiger partial charge in [-0.15, -0.1) is 0 Å². The first kappa shape index (κ1) is 13.6. The summed E-state index contributed by atoms with van der Waals surface area (Å²) in [6.45, 7) is 6.09. The summed E-state index contributed by atoms with van der Waals surface area (Å²) in [5, 5.41) is 3.43. The van der Waals surface area contributed by atoms with Crippen molar-refractivity contribution in [3.05, 3.63) is 40.8 Å². The third-order valence-corrected chi connectivity index (χ3v) is 3.11. The molecule has 0 aliphatic rings. The Balaban J connectivity index is 2.42. The number of nitrogens with zero attached hydrogens (tertiary/aromatic N) is 2. The molecule has 0 radical (unpaired) electrons. The van der Waals surface area contributed by atoms with E-state index in [1.807, 2.05) is 25.1 Å². The number of nitrogen functional groups attached to an aromatic ring is 1. The molecule has 100 valence electrons. The number of nitrogens with two attached hydrogens (primary N) is 1. The second kappa shape index (κ2) is 5.45. The molecule has 0 bridgehead atoms. The maximum Gasteiger partial charge on any atom is 0.224 e. The molecule has 2 rings (SSSR count). The van der Waals surface area contributed by atoms with Crippen molar-refractivity contribution in [1.29, 1.82) is 0 Å². The summed E-state index contributed by atoms with van der Waals surface area (Å²) in [6, 6.07) is 8.07. The van der Waals surface area contributed by atoms with Crippen LogP contribution in [0.1, 0.15) is 31.0 Å². The van der Waals surface area contributed by atoms with Gasteiger partial charge < -0.3 is 11.1 Å². The van der Waals surface area contributed by atoms with Gasteiger partial charge in [0.05, 0.1) is 11.4 Å². The van der Waals surface area contributed by atoms with Crippen LogP contribution in [0, 0.1) is 6.92 Å². The Morgan fingerprint density at radius 3 is 2.58 bits per heavy atom. The van der Waals surface area contributed by atoms with Gasteiger partial charge in [-0.1, -0.05) is 32.0 Å². The topological polar surface area (TPSA) is 63.8 Å². The van der Waals surface area contributed by atoms with Gasteiger partial charge in [0.25, 0.3) is 0 Å². The van der Waals surface area contributed by atoms with Gasteiger partial charge in [-0.2, -0.15) is 4.98 Å². The molecule has 19 heavy (non-hydrogen) atoms. The van der Waals surface area contributed by atoms with E-state index in [-0.39, 0.29) is 5.28 Å². The molecule has 0 saturated heterocycles. The van der Waals surface area contributed by atoms with Crippen molar-refractivity contribution in [1.82, 2.24) is 9.97 Å². The van der Waals surface area contributed by atoms with Crippen LogP contribution in [0.3, 0.4) is 0 Å². The SMILES string of the molecule is Cc1nc(Cl)nc(Nc2ccccc2C(C)C)c1N. The van der Waals surface area contributed by atoms with E-state index in [9.17, 15) is 0 Å². The smallest absolute Gasteiger partial charge is 0.224 e. The molecule has 2 aromatic rings. The van der Waals surface area contributed by atoms with Crippen molar-refractivity contribution in [2.24, 2.45) is 0 Å². The van der Waals surface area contributed by atoms with E-state index in [1.54, 1.807) is 0 Å². The minimum absolute atomic E-state index is 0.191. The third-order valence-electron chi connectivity index (χ3n) is 2.94. The van der Waals surface area contributed by atoms with Crippen molar-refractivity contribution >= 4 is 28.8 Å². The minimum atomic E-state index is 0.191. The summed E-state index contributed by atoms with van der Waals surface area (Å²) in [5.74, 6) is 0.953. The highest BCUT2D eigenvalue weighted by Gasteiger charge is 2.11. The van der Waals surface area contributed by atoms with Crippen molar-refractivity contribution in [2.75, 3.05) is 11.1 Å². The lowest BCUT2D eigenvalue weighted by Gasteiger charge is -2.15. The van der Waals surface area contributed by atoms with Crippen LogP contribution in [0.4, 0.5) is 17.2 Å². The van der Waals surface area contributed by atoms with Gasteiger partial charge in [-0.3, -0.25) is 0 Å². The number of aromatic nitrogens is 2. The predicted octanol–water partition coefficient (Wildman–Crippen LogP) is 3.89. The fourth-order valence-corrected chi connectivity index (χ4v) is 2.10. The second-order valence-electron chi connectivity index (χ2n) is 4.71. The van der Waals surface area contributed by atoms with Crippen LogP contribution in [0.15, 0.2) is 24.3 Å². The maximum atomic E-state index is 5.98. The molecule has 1 aromatic heterocycles. The lowest BCUT2D eigenvalue weighted by atomic mass is 10.0. The lowest BCUT2D eigenvalue weighted by molar-refractivity contribution is 0.869. The summed E-state index contributed by atoms with van der Waals surface area (Å²) < 4.78 is 0. The van der Waals surface area contributed by atoms with Crippen LogP contribution in [-0.4, -0.2) is 9.97 Å². The van der Waals surface area contributed by atoms with Gasteiger partial charge in [0, 0.05) is 5.69 Å². The molecular weight excluding hydrogens is 260 g/mol. The zero-order chi connectivity index (χ0) is 14.0. The number of para-hydroxylation sites is 1. The Morgan fingerprint density at radius 2 is 1.89 bits per heavy atom. The van der Waals surface area contributed by atoms with E-state index in [0.29, 0.717) is 23.1 Å². The number of rotatable bonds is 3. The molecule has 0 amide bonds. The first-order chi connectivity index (χ1) is 8.99. The predicted molar refractivity (Wildman–Crippen MR) is 80.0 cm³/mol. The fourth-order valence-electron chi connectivity index (χ4n) is 1.88. The number of hydrogen-bond acceptors (Lipinski definition) is 4. The van der Waals surface area contributed by atoms with Crippen molar-refractivity contribution in [3.8, 4) is 0 Å². The minimum Gasteiger partial charge on any atom is -0.394 e. The molecule has 5 heteroatoms. The molecule has 4 nitrogen and oxygen atoms in total. The summed E-state index contributed by atoms with van der Waals surface area (Å²) in [7, 11) is 0. The Labute approximate surface area is 118 Å². The van der Waals surface area contributed by atoms with Gasteiger partial charge in [0.1, 0.15) is 0 Å². The highest BCUT2D eigenvalue weighted by Crippen LogP contribution is 2.29. The van der Waals surface area contributed by atoms with Gasteiger partial charge in [0.2, 0.25) is 5.28 Å². The average molecular weight is 277 g/mol. The monoisotopic (exact) mass is 276 g/mol. The van der Waals surface area contributed by atoms with E-state index >= 15 is 0 Å². The first-order valence-electron chi connectivity index (χ1n) is 6.14. The van der Waals surface area contributed by atoms with E-state index < -0.39 is 0 Å². The lowest BCUT2D eigenvalue weighted by Crippen LogP contribution is -2.05. The standard InChI is InChI=1S/C14H17ClN4/c1-8(2)10-6-4-5-7-11(10)18-13-12(16)9(3)17-14(15)19-13/h4-8H,16H2,1-3H3,(H,17,18,19). The molecule has 1 heterocycles. The number of nitrogens with one attached hydrogen (secondary N) is 1. The van der Waals surface area contributed by atoms with Crippen molar-refractivity contribution < 1.29 is 0 Å². The Hall–Kier alpha value is -1.81. The van der Waals surface area contributed by atoms with E-state index in [2.05, 4.69) is 35.2 Å². The first-order valence-corrected chi connectivity index (χ1v) is 6.52. The number of halogens is 1. The van der Waals surface area contributed by atoms with Crippen LogP contribution in [0.5, 0.6) is 0 Å². The molecule has 0 fully saturated rings. The van der Waals surface area contributed by atoms with Gasteiger partial charge >= 0.3 is 0 Å². The highest BCUT2D eigenvalue weighted by molar-refractivity contribution is 6.28. The highest BCUT2D eigenvalue weighted by atomic mass is 35.5. The van der Waals surface area contributed by atoms with Crippen molar-refractivity contribution in [2.45, 2.75) is 26.7 Å². The molecule has 0 atom stereocenters. The fraction of sp³-hybridized carbons (Fsp3) is 0.286. The number of aryl methyl sites for hydroxylation is 1. The molecule has 0 saturated carbocycles. The van der Waals surface area contributed by atoms with Crippen LogP contribution in [0.25, 0.3) is 0 Å². The zero-order valence-corrected chi connectivity index (χ0v) is 12.0. The van der Waals surface area contributed by atoms with E-state index in [0.717, 1.165) is 5.69 Å². The van der Waals surface area contributed by atoms with Gasteiger partial charge in [-0.25, -0.2) is 4.98 Å². The Bertz CT molecular complexity index is 596. The summed E-state index contributed by atoms with van der Waals surface area (Å²) >= 11 is 5.87. The molecule has 0 spiro atoms. The molecule has 3 N–H and O–H groups in total. The van der Waals surface area contributed by atoms with E-state index in [1.165, 1.54) is 5.56 Å². The Kier molecular flexibility index (Phi) is 3.90. The second-order valence-corrected chi connectivity index (χ2v) is 5.05. The summed E-state index contributed by atoms with van der Waals surface area (Å²) in [6.07, 6.45) is 0. The number of benzene rings is 1. The molecular formula is C14H17ClN4. The normalized spacial score (nSPS) is 10.8. The van der Waals surface area contributed by atoms with Crippen LogP contribution < -0.4 is 11.1 Å². The summed E-state index contributed by atoms with van der Waals surface area (Å²) in [4.78, 5) is 8.17. The number of anilines is 3. The maximum absolute atomic E-state index is 5.98. The van der Waals surface area contributed by atoms with Gasteiger partial charge in [0.15, 0.2) is 5.82 Å². The van der Waals surface area contributed by atoms with Crippen LogP contribution in [-0.2, 0) is 0 Å². The largest absolute Gasteiger partial charge is 0.394 e. The van der Waals surface area contributed by atoms with Crippen molar-refractivity contribution in [3.63, 3.8) is 0 Å². The molecule has 0 aliphatic heterocycles. The van der Waals surface area contributed by atoms with Crippen LogP contribution >= 0.6 is 11.6 Å². The van der Waals surface area contributed by atoms with Gasteiger partial charge in [-0.05, 0) is 36.1 Å². The molecule has 0 aliphatic carbocycles. The molecule has 0 unspecified atom stereocenters. The van der Waals surface area contributed by atoms with E-state index in [4.69, 9.17) is 17.3 Å². The van der Waals surface area contributed by atoms with Crippen LogP contribution in [0.2, 0.25) is 5.28 Å². The summed E-state index contributed by atoms with van der Waals surface area (Å²) in [5.41, 5.74) is 9.35. The number of hydrogen-bond donors (Lipinski definition) is 2. The zero-order valence-electron chi connectivity index (χ0n) is 11.2. The average Bonchev–Trinajstić information content (AvgIpc) is 2.35. The third kappa shape index (κ3) is 2.96. The quantitative estimate of drug-likeness (QED) is 0.835.